The topological polar surface area (TPSA) is 59.7 Å². The number of carbonyl (C=O) groups excluding carboxylic acids is 1. The molecule has 0 radical (unpaired) electrons. The van der Waals surface area contributed by atoms with Gasteiger partial charge in [-0.3, -0.25) is 4.79 Å². The molecule has 0 bridgehead atoms. The van der Waals surface area contributed by atoms with Crippen LogP contribution in [-0.4, -0.2) is 22.6 Å². The lowest BCUT2D eigenvalue weighted by Gasteiger charge is -2.30. The van der Waals surface area contributed by atoms with Crippen LogP contribution in [0.2, 0.25) is 0 Å². The van der Waals surface area contributed by atoms with Crippen molar-refractivity contribution in [3.63, 3.8) is 0 Å². The molecule has 0 atom stereocenters. The molecule has 1 N–H and O–H groups in total. The van der Waals surface area contributed by atoms with E-state index in [4.69, 9.17) is 14.3 Å². The summed E-state index contributed by atoms with van der Waals surface area (Å²) in [5.41, 5.74) is -0.0312. The van der Waals surface area contributed by atoms with E-state index in [1.807, 2.05) is 0 Å². The highest BCUT2D eigenvalue weighted by Crippen LogP contribution is 2.17. The van der Waals surface area contributed by atoms with Gasteiger partial charge >= 0.3 is 0 Å². The van der Waals surface area contributed by atoms with E-state index in [1.54, 1.807) is 6.07 Å². The standard InChI is InChI=1S/C8H18O.C6H6O3/c1-7(2,3)9-8(4,5)6;7-3-5-1-2-6(4-8)9-5/h1-6H3;1-3,8H,4H2. The fourth-order valence-corrected chi connectivity index (χ4v) is 1.46. The summed E-state index contributed by atoms with van der Waals surface area (Å²) in [5.74, 6) is 0.663. The van der Waals surface area contributed by atoms with Crippen LogP contribution in [0.25, 0.3) is 0 Å². The fraction of sp³-hybridized carbons (Fsp3) is 0.643. The van der Waals surface area contributed by atoms with Crippen LogP contribution >= 0.6 is 0 Å². The number of furan rings is 1. The van der Waals surface area contributed by atoms with E-state index in [-0.39, 0.29) is 23.6 Å². The van der Waals surface area contributed by atoms with E-state index in [2.05, 4.69) is 41.5 Å². The van der Waals surface area contributed by atoms with Crippen molar-refractivity contribution >= 4 is 6.29 Å². The third-order valence-corrected chi connectivity index (χ3v) is 1.57. The van der Waals surface area contributed by atoms with Gasteiger partial charge in [-0.1, -0.05) is 0 Å². The summed E-state index contributed by atoms with van der Waals surface area (Å²) < 4.78 is 10.4. The molecule has 1 heterocycles. The Kier molecular flexibility index (Phi) is 6.29. The number of aliphatic hydroxyl groups is 1. The molecule has 0 spiro atoms. The second-order valence-electron chi connectivity index (χ2n) is 5.91. The molecular weight excluding hydrogens is 232 g/mol. The van der Waals surface area contributed by atoms with Gasteiger partial charge in [0.15, 0.2) is 12.0 Å². The molecule has 1 rings (SSSR count). The third kappa shape index (κ3) is 8.96. The predicted octanol–water partition coefficient (Wildman–Crippen LogP) is 3.18. The van der Waals surface area contributed by atoms with E-state index >= 15 is 0 Å². The number of hydrogen-bond acceptors (Lipinski definition) is 4. The lowest BCUT2D eigenvalue weighted by atomic mass is 10.1. The third-order valence-electron chi connectivity index (χ3n) is 1.57. The van der Waals surface area contributed by atoms with Gasteiger partial charge in [0.2, 0.25) is 0 Å². The first-order valence-corrected chi connectivity index (χ1v) is 5.92. The SMILES string of the molecule is CC(C)(C)OC(C)(C)C.O=Cc1ccc(CO)o1. The largest absolute Gasteiger partial charge is 0.456 e. The molecule has 0 unspecified atom stereocenters. The Labute approximate surface area is 109 Å². The Morgan fingerprint density at radius 3 is 1.83 bits per heavy atom. The summed E-state index contributed by atoms with van der Waals surface area (Å²) in [5, 5.41) is 8.44. The fourth-order valence-electron chi connectivity index (χ4n) is 1.46. The summed E-state index contributed by atoms with van der Waals surface area (Å²) in [6.07, 6.45) is 0.596. The number of hydrogen-bond donors (Lipinski definition) is 1. The molecule has 0 aliphatic heterocycles. The van der Waals surface area contributed by atoms with Gasteiger partial charge in [-0.05, 0) is 53.7 Å². The van der Waals surface area contributed by atoms with Crippen molar-refractivity contribution in [2.45, 2.75) is 59.4 Å². The maximum Gasteiger partial charge on any atom is 0.185 e. The minimum Gasteiger partial charge on any atom is -0.456 e. The van der Waals surface area contributed by atoms with Crippen LogP contribution in [0.4, 0.5) is 0 Å². The van der Waals surface area contributed by atoms with E-state index in [1.165, 1.54) is 6.07 Å². The minimum absolute atomic E-state index is 0.0156. The molecule has 0 aliphatic rings. The van der Waals surface area contributed by atoms with Crippen LogP contribution in [0, 0.1) is 0 Å². The smallest absolute Gasteiger partial charge is 0.185 e. The molecular formula is C14H24O4. The number of rotatable bonds is 2. The molecule has 0 aliphatic carbocycles. The molecule has 1 aromatic heterocycles. The van der Waals surface area contributed by atoms with E-state index < -0.39 is 0 Å². The molecule has 1 aromatic rings. The van der Waals surface area contributed by atoms with E-state index in [0.29, 0.717) is 12.0 Å². The normalized spacial score (nSPS) is 11.7. The van der Waals surface area contributed by atoms with Gasteiger partial charge in [-0.2, -0.15) is 0 Å². The average molecular weight is 256 g/mol. The number of aliphatic hydroxyl groups excluding tert-OH is 1. The predicted molar refractivity (Wildman–Crippen MR) is 70.6 cm³/mol. The van der Waals surface area contributed by atoms with Crippen molar-refractivity contribution in [1.82, 2.24) is 0 Å². The van der Waals surface area contributed by atoms with Crippen LogP contribution in [0.3, 0.4) is 0 Å². The van der Waals surface area contributed by atoms with Crippen LogP contribution in [-0.2, 0) is 11.3 Å². The molecule has 0 saturated carbocycles. The molecule has 4 heteroatoms. The summed E-state index contributed by atoms with van der Waals surface area (Å²) in [4.78, 5) is 9.96. The summed E-state index contributed by atoms with van der Waals surface area (Å²) in [6, 6.07) is 3.07. The van der Waals surface area contributed by atoms with Crippen LogP contribution in [0.15, 0.2) is 16.5 Å². The maximum atomic E-state index is 9.96. The zero-order chi connectivity index (χ0) is 14.4. The van der Waals surface area contributed by atoms with Gasteiger partial charge in [-0.15, -0.1) is 0 Å². The van der Waals surface area contributed by atoms with Crippen LogP contribution in [0.5, 0.6) is 0 Å². The van der Waals surface area contributed by atoms with Crippen molar-refractivity contribution in [1.29, 1.82) is 0 Å². The van der Waals surface area contributed by atoms with Crippen LogP contribution in [0.1, 0.15) is 57.9 Å². The van der Waals surface area contributed by atoms with Gasteiger partial charge in [0.1, 0.15) is 12.4 Å². The molecule has 0 amide bonds. The molecule has 0 aromatic carbocycles. The van der Waals surface area contributed by atoms with Crippen molar-refractivity contribution in [2.75, 3.05) is 0 Å². The first-order valence-electron chi connectivity index (χ1n) is 5.92. The van der Waals surface area contributed by atoms with Crippen molar-refractivity contribution in [3.8, 4) is 0 Å². The number of carbonyl (C=O) groups is 1. The van der Waals surface area contributed by atoms with Crippen molar-refractivity contribution in [2.24, 2.45) is 0 Å². The van der Waals surface area contributed by atoms with Gasteiger partial charge < -0.3 is 14.3 Å². The molecule has 104 valence electrons. The Morgan fingerprint density at radius 2 is 1.67 bits per heavy atom. The second kappa shape index (κ2) is 6.71. The van der Waals surface area contributed by atoms with Crippen molar-refractivity contribution < 1.29 is 19.1 Å². The number of aldehydes is 1. The van der Waals surface area contributed by atoms with E-state index in [9.17, 15) is 4.79 Å². The Bertz CT molecular complexity index is 341. The summed E-state index contributed by atoms with van der Waals surface area (Å²) >= 11 is 0. The lowest BCUT2D eigenvalue weighted by molar-refractivity contribution is -0.102. The zero-order valence-electron chi connectivity index (χ0n) is 12.1. The maximum absolute atomic E-state index is 9.96. The van der Waals surface area contributed by atoms with Crippen LogP contribution < -0.4 is 0 Å². The highest BCUT2D eigenvalue weighted by molar-refractivity contribution is 5.70. The first-order chi connectivity index (χ1) is 8.07. The lowest BCUT2D eigenvalue weighted by Crippen LogP contribution is -2.31. The average Bonchev–Trinajstić information content (AvgIpc) is 2.60. The van der Waals surface area contributed by atoms with E-state index in [0.717, 1.165) is 0 Å². The Hall–Kier alpha value is -1.13. The summed E-state index contributed by atoms with van der Waals surface area (Å²) in [7, 11) is 0. The highest BCUT2D eigenvalue weighted by Gasteiger charge is 2.19. The number of ether oxygens (including phenoxy) is 1. The second-order valence-corrected chi connectivity index (χ2v) is 5.91. The monoisotopic (exact) mass is 256 g/mol. The molecule has 4 nitrogen and oxygen atoms in total. The summed E-state index contributed by atoms with van der Waals surface area (Å²) in [6.45, 7) is 12.2. The van der Waals surface area contributed by atoms with Gasteiger partial charge in [0, 0.05) is 0 Å². The molecule has 0 fully saturated rings. The minimum atomic E-state index is -0.159. The molecule has 0 saturated heterocycles. The highest BCUT2D eigenvalue weighted by atomic mass is 16.5. The van der Waals surface area contributed by atoms with Crippen molar-refractivity contribution in [3.05, 3.63) is 23.7 Å². The zero-order valence-corrected chi connectivity index (χ0v) is 12.1. The Morgan fingerprint density at radius 1 is 1.17 bits per heavy atom. The van der Waals surface area contributed by atoms with Gasteiger partial charge in [0.05, 0.1) is 11.2 Å². The van der Waals surface area contributed by atoms with Gasteiger partial charge in [0.25, 0.3) is 0 Å². The van der Waals surface area contributed by atoms with Gasteiger partial charge in [-0.25, -0.2) is 0 Å². The molecule has 18 heavy (non-hydrogen) atoms. The first kappa shape index (κ1) is 16.9. The quantitative estimate of drug-likeness (QED) is 0.825. The Balaban J connectivity index is 0.000000321.